The van der Waals surface area contributed by atoms with Gasteiger partial charge in [0.15, 0.2) is 10.9 Å². The van der Waals surface area contributed by atoms with Crippen molar-refractivity contribution in [2.75, 3.05) is 0 Å². The molecule has 4 nitrogen and oxygen atoms in total. The quantitative estimate of drug-likeness (QED) is 0.364. The minimum atomic E-state index is -0.356. The molecule has 0 radical (unpaired) electrons. The molecule has 0 aromatic heterocycles. The summed E-state index contributed by atoms with van der Waals surface area (Å²) in [6, 6.07) is 15.1. The molecule has 0 saturated carbocycles. The highest BCUT2D eigenvalue weighted by Crippen LogP contribution is 2.37. The van der Waals surface area contributed by atoms with E-state index in [0.717, 1.165) is 5.56 Å². The van der Waals surface area contributed by atoms with Crippen LogP contribution in [0.4, 0.5) is 14.5 Å². The minimum absolute atomic E-state index is 0.223. The second kappa shape index (κ2) is 9.85. The maximum atomic E-state index is 13.0. The van der Waals surface area contributed by atoms with E-state index >= 15 is 0 Å². The molecule has 3 aromatic rings. The van der Waals surface area contributed by atoms with Crippen molar-refractivity contribution >= 4 is 62.1 Å². The van der Waals surface area contributed by atoms with E-state index in [1.54, 1.807) is 30.3 Å². The van der Waals surface area contributed by atoms with Gasteiger partial charge >= 0.3 is 0 Å². The molecule has 9 heteroatoms. The molecule has 0 spiro atoms. The molecule has 1 N–H and O–H groups in total. The highest BCUT2D eigenvalue weighted by atomic mass is 79.9. The fourth-order valence-corrected chi connectivity index (χ4v) is 4.63. The van der Waals surface area contributed by atoms with E-state index in [9.17, 15) is 13.6 Å². The van der Waals surface area contributed by atoms with Gasteiger partial charge in [0, 0.05) is 0 Å². The first-order valence-electron chi connectivity index (χ1n) is 9.29. The molecule has 4 rings (SSSR count). The Morgan fingerprint density at radius 3 is 2.38 bits per heavy atom. The second-order valence-electron chi connectivity index (χ2n) is 6.69. The Hall–Kier alpha value is -2.68. The zero-order valence-corrected chi connectivity index (χ0v) is 19.4. The molecule has 1 heterocycles. The fourth-order valence-electron chi connectivity index (χ4n) is 2.80. The van der Waals surface area contributed by atoms with Gasteiger partial charge in [0.25, 0.3) is 5.91 Å². The molecule has 0 bridgehead atoms. The number of amides is 1. The number of halogens is 4. The molecule has 3 aromatic carbocycles. The number of hydrogen-bond acceptors (Lipinski definition) is 4. The summed E-state index contributed by atoms with van der Waals surface area (Å²) in [5.74, 6) is -0.518. The van der Waals surface area contributed by atoms with Gasteiger partial charge in [-0.3, -0.25) is 4.79 Å². The molecule has 162 valence electrons. The van der Waals surface area contributed by atoms with Crippen molar-refractivity contribution in [1.29, 1.82) is 0 Å². The first kappa shape index (κ1) is 22.5. The molecule has 1 fully saturated rings. The Kier molecular flexibility index (Phi) is 6.93. The van der Waals surface area contributed by atoms with Crippen molar-refractivity contribution in [3.8, 4) is 5.75 Å². The summed E-state index contributed by atoms with van der Waals surface area (Å²) in [6.07, 6.45) is 1.69. The normalized spacial score (nSPS) is 15.9. The minimum Gasteiger partial charge on any atom is -0.486 e. The fraction of sp³-hybridized carbons (Fsp3) is 0.0435. The lowest BCUT2D eigenvalue weighted by Gasteiger charge is -2.11. The number of thioether (sulfide) groups is 1. The molecule has 1 saturated heterocycles. The number of hydrogen-bond donors (Lipinski definition) is 1. The first-order valence-corrected chi connectivity index (χ1v) is 11.3. The van der Waals surface area contributed by atoms with Crippen LogP contribution in [-0.4, -0.2) is 11.1 Å². The number of ether oxygens (including phenoxy) is 1. The number of aliphatic imine (C=N–C) groups is 1. The van der Waals surface area contributed by atoms with Crippen molar-refractivity contribution in [3.05, 3.63) is 97.8 Å². The third kappa shape index (κ3) is 5.56. The monoisotopic (exact) mass is 534 g/mol. The smallest absolute Gasteiger partial charge is 0.264 e. The highest BCUT2D eigenvalue weighted by Gasteiger charge is 2.24. The SMILES string of the molecule is O=C1NC(=Nc2ccc(F)cc2)S/C1=C/c1cc(Cl)c(OCc2ccc(F)cc2)c(Br)c1. The molecule has 32 heavy (non-hydrogen) atoms. The number of rotatable bonds is 5. The third-order valence-electron chi connectivity index (χ3n) is 4.32. The van der Waals surface area contributed by atoms with Crippen molar-refractivity contribution in [2.24, 2.45) is 4.99 Å². The van der Waals surface area contributed by atoms with Crippen molar-refractivity contribution in [2.45, 2.75) is 6.61 Å². The number of carbonyl (C=O) groups excluding carboxylic acids is 1. The van der Waals surface area contributed by atoms with Gasteiger partial charge in [0.1, 0.15) is 18.2 Å². The highest BCUT2D eigenvalue weighted by molar-refractivity contribution is 9.10. The molecule has 0 aliphatic carbocycles. The van der Waals surface area contributed by atoms with Crippen LogP contribution in [0.5, 0.6) is 5.75 Å². The Bertz CT molecular complexity index is 1210. The van der Waals surface area contributed by atoms with Crippen LogP contribution in [0.3, 0.4) is 0 Å². The topological polar surface area (TPSA) is 50.7 Å². The predicted molar refractivity (Wildman–Crippen MR) is 127 cm³/mol. The van der Waals surface area contributed by atoms with Gasteiger partial charge in [-0.2, -0.15) is 0 Å². The number of benzene rings is 3. The summed E-state index contributed by atoms with van der Waals surface area (Å²) in [5, 5.41) is 3.44. The second-order valence-corrected chi connectivity index (χ2v) is 8.98. The maximum Gasteiger partial charge on any atom is 0.264 e. The summed E-state index contributed by atoms with van der Waals surface area (Å²) in [4.78, 5) is 17.1. The van der Waals surface area contributed by atoms with Crippen LogP contribution < -0.4 is 10.1 Å². The average molecular weight is 536 g/mol. The summed E-state index contributed by atoms with van der Waals surface area (Å²) < 4.78 is 32.5. The molecule has 1 amide bonds. The zero-order chi connectivity index (χ0) is 22.7. The Morgan fingerprint density at radius 2 is 1.72 bits per heavy atom. The summed E-state index contributed by atoms with van der Waals surface area (Å²) in [6.45, 7) is 0.223. The maximum absolute atomic E-state index is 13.0. The molecular weight excluding hydrogens is 522 g/mol. The third-order valence-corrected chi connectivity index (χ3v) is 6.10. The van der Waals surface area contributed by atoms with Crippen molar-refractivity contribution in [1.82, 2.24) is 5.32 Å². The zero-order valence-electron chi connectivity index (χ0n) is 16.2. The first-order chi connectivity index (χ1) is 15.4. The van der Waals surface area contributed by atoms with Crippen LogP contribution >= 0.6 is 39.3 Å². The summed E-state index contributed by atoms with van der Waals surface area (Å²) >= 11 is 11.0. The number of nitrogens with zero attached hydrogens (tertiary/aromatic N) is 1. The van der Waals surface area contributed by atoms with Gasteiger partial charge in [-0.05, 0) is 93.4 Å². The van der Waals surface area contributed by atoms with E-state index < -0.39 is 0 Å². The lowest BCUT2D eigenvalue weighted by molar-refractivity contribution is -0.115. The lowest BCUT2D eigenvalue weighted by atomic mass is 10.2. The van der Waals surface area contributed by atoms with Gasteiger partial charge in [-0.1, -0.05) is 23.7 Å². The van der Waals surface area contributed by atoms with E-state index in [4.69, 9.17) is 16.3 Å². The van der Waals surface area contributed by atoms with E-state index in [1.807, 2.05) is 0 Å². The number of nitrogens with one attached hydrogen (secondary N) is 1. The van der Waals surface area contributed by atoms with E-state index in [0.29, 0.717) is 36.6 Å². The van der Waals surface area contributed by atoms with E-state index in [1.165, 1.54) is 48.2 Å². The van der Waals surface area contributed by atoms with Crippen LogP contribution in [-0.2, 0) is 11.4 Å². The van der Waals surface area contributed by atoms with Gasteiger partial charge in [-0.25, -0.2) is 13.8 Å². The van der Waals surface area contributed by atoms with Gasteiger partial charge in [0.05, 0.1) is 20.1 Å². The van der Waals surface area contributed by atoms with Crippen molar-refractivity contribution in [3.63, 3.8) is 0 Å². The molecule has 0 unspecified atom stereocenters. The number of carbonyl (C=O) groups is 1. The standard InChI is InChI=1S/C23H14BrClF2N2O2S/c24-18-9-14(10-19(25)21(18)31-12-13-1-3-15(26)4-2-13)11-20-22(30)29-23(32-20)28-17-7-5-16(27)6-8-17/h1-11H,12H2,(H,28,29,30)/b20-11+. The molecular formula is C23H14BrClF2N2O2S. The van der Waals surface area contributed by atoms with Crippen LogP contribution in [0.25, 0.3) is 6.08 Å². The average Bonchev–Trinajstić information content (AvgIpc) is 3.09. The lowest BCUT2D eigenvalue weighted by Crippen LogP contribution is -2.19. The van der Waals surface area contributed by atoms with E-state index in [2.05, 4.69) is 26.2 Å². The van der Waals surface area contributed by atoms with Gasteiger partial charge < -0.3 is 10.1 Å². The van der Waals surface area contributed by atoms with Crippen LogP contribution in [0.2, 0.25) is 5.02 Å². The Balaban J connectivity index is 1.49. The van der Waals surface area contributed by atoms with Crippen LogP contribution in [0.15, 0.2) is 75.0 Å². The van der Waals surface area contributed by atoms with Gasteiger partial charge in [-0.15, -0.1) is 0 Å². The van der Waals surface area contributed by atoms with Gasteiger partial charge in [0.2, 0.25) is 0 Å². The number of amidine groups is 1. The molecule has 1 aliphatic rings. The molecule has 0 atom stereocenters. The molecule has 1 aliphatic heterocycles. The van der Waals surface area contributed by atoms with Crippen molar-refractivity contribution < 1.29 is 18.3 Å². The largest absolute Gasteiger partial charge is 0.486 e. The predicted octanol–water partition coefficient (Wildman–Crippen LogP) is 6.85. The summed E-state index contributed by atoms with van der Waals surface area (Å²) in [7, 11) is 0. The Morgan fingerprint density at radius 1 is 1.06 bits per heavy atom. The van der Waals surface area contributed by atoms with E-state index in [-0.39, 0.29) is 24.1 Å². The van der Waals surface area contributed by atoms with Crippen LogP contribution in [0.1, 0.15) is 11.1 Å². The Labute approximate surface area is 200 Å². The van der Waals surface area contributed by atoms with Crippen LogP contribution in [0, 0.1) is 11.6 Å². The summed E-state index contributed by atoms with van der Waals surface area (Å²) in [5.41, 5.74) is 2.02.